The molecule has 0 aliphatic rings. The van der Waals surface area contributed by atoms with Gasteiger partial charge in [-0.05, 0) is 5.56 Å². The second kappa shape index (κ2) is 4.72. The van der Waals surface area contributed by atoms with Gasteiger partial charge in [0.2, 0.25) is 0 Å². The molecule has 0 aliphatic carbocycles. The Hall–Kier alpha value is -1.22. The fourth-order valence-electron chi connectivity index (χ4n) is 1.01. The van der Waals surface area contributed by atoms with Crippen LogP contribution in [0.2, 0.25) is 0 Å². The van der Waals surface area contributed by atoms with E-state index in [4.69, 9.17) is 16.7 Å². The van der Waals surface area contributed by atoms with Gasteiger partial charge in [-0.15, -0.1) is 0 Å². The normalized spacial score (nSPS) is 12.1. The molecule has 2 N–H and O–H groups in total. The zero-order valence-electron chi connectivity index (χ0n) is 6.90. The number of rotatable bonds is 3. The second-order valence-electron chi connectivity index (χ2n) is 2.61. The highest BCUT2D eigenvalue weighted by Gasteiger charge is 2.07. The van der Waals surface area contributed by atoms with Crippen LogP contribution in [-0.4, -0.2) is 16.7 Å². The second-order valence-corrected chi connectivity index (χ2v) is 3.13. The molecule has 0 radical (unpaired) electrons. The predicted molar refractivity (Wildman–Crippen MR) is 50.9 cm³/mol. The maximum Gasteiger partial charge on any atom is 0.405 e. The fraction of sp³-hybridized carbons (Fsp3) is 0.222. The van der Waals surface area contributed by atoms with Gasteiger partial charge in [-0.2, -0.15) is 0 Å². The average Bonchev–Trinajstić information content (AvgIpc) is 2.04. The molecule has 0 spiro atoms. The van der Waals surface area contributed by atoms with Crippen LogP contribution in [0.25, 0.3) is 0 Å². The van der Waals surface area contributed by atoms with Gasteiger partial charge in [0.25, 0.3) is 0 Å². The summed E-state index contributed by atoms with van der Waals surface area (Å²) in [5.74, 6) is 0. The molecule has 1 unspecified atom stereocenters. The molecule has 0 fully saturated rings. The van der Waals surface area contributed by atoms with Gasteiger partial charge in [-0.25, -0.2) is 4.79 Å². The summed E-state index contributed by atoms with van der Waals surface area (Å²) in [6.45, 7) is 0. The molecule has 4 heteroatoms. The van der Waals surface area contributed by atoms with Gasteiger partial charge in [0.05, 0.1) is 0 Å². The highest BCUT2D eigenvalue weighted by molar-refractivity contribution is 6.21. The van der Waals surface area contributed by atoms with Crippen LogP contribution in [0.4, 0.5) is 4.79 Å². The molecule has 1 atom stereocenters. The van der Waals surface area contributed by atoms with Gasteiger partial charge in [-0.3, -0.25) is 0 Å². The Labute approximate surface area is 81.3 Å². The number of carboxylic acid groups (broad SMARTS) is 1. The van der Waals surface area contributed by atoms with Crippen molar-refractivity contribution in [3.63, 3.8) is 0 Å². The fourth-order valence-corrected chi connectivity index (χ4v) is 1.28. The summed E-state index contributed by atoms with van der Waals surface area (Å²) in [6, 6.07) is 9.48. The van der Waals surface area contributed by atoms with Crippen molar-refractivity contribution in [2.75, 3.05) is 0 Å². The number of hydrogen-bond acceptors (Lipinski definition) is 1. The number of amides is 1. The molecule has 70 valence electrons. The van der Waals surface area contributed by atoms with Crippen LogP contribution >= 0.6 is 11.6 Å². The summed E-state index contributed by atoms with van der Waals surface area (Å²) < 4.78 is 0. The van der Waals surface area contributed by atoms with Crippen LogP contribution in [0.15, 0.2) is 30.3 Å². The first-order valence-electron chi connectivity index (χ1n) is 3.86. The van der Waals surface area contributed by atoms with E-state index in [9.17, 15) is 4.79 Å². The maximum atomic E-state index is 10.2. The molecule has 1 aromatic rings. The Morgan fingerprint density at radius 2 is 2.08 bits per heavy atom. The van der Waals surface area contributed by atoms with Gasteiger partial charge in [0.1, 0.15) is 5.50 Å². The smallest absolute Gasteiger partial charge is 0.405 e. The predicted octanol–water partition coefficient (Wildman–Crippen LogP) is 2.06. The monoisotopic (exact) mass is 199 g/mol. The molecule has 1 rings (SSSR count). The Kier molecular flexibility index (Phi) is 3.58. The Morgan fingerprint density at radius 3 is 2.62 bits per heavy atom. The molecular formula is C9H10ClNO2. The van der Waals surface area contributed by atoms with Crippen molar-refractivity contribution in [1.29, 1.82) is 0 Å². The lowest BCUT2D eigenvalue weighted by molar-refractivity contribution is 0.193. The molecule has 3 nitrogen and oxygen atoms in total. The summed E-state index contributed by atoms with van der Waals surface area (Å²) >= 11 is 5.72. The third-order valence-corrected chi connectivity index (χ3v) is 1.80. The van der Waals surface area contributed by atoms with E-state index in [0.29, 0.717) is 6.42 Å². The third-order valence-electron chi connectivity index (χ3n) is 1.54. The van der Waals surface area contributed by atoms with Crippen LogP contribution in [0, 0.1) is 0 Å². The van der Waals surface area contributed by atoms with Crippen LogP contribution in [0.1, 0.15) is 5.56 Å². The Morgan fingerprint density at radius 1 is 1.46 bits per heavy atom. The first kappa shape index (κ1) is 9.86. The highest BCUT2D eigenvalue weighted by atomic mass is 35.5. The number of benzene rings is 1. The van der Waals surface area contributed by atoms with Crippen LogP contribution in [0.5, 0.6) is 0 Å². The molecular weight excluding hydrogens is 190 g/mol. The number of halogens is 1. The minimum absolute atomic E-state index is 0.495. The van der Waals surface area contributed by atoms with E-state index < -0.39 is 11.6 Å². The van der Waals surface area contributed by atoms with Gasteiger partial charge in [-0.1, -0.05) is 41.9 Å². The van der Waals surface area contributed by atoms with Crippen molar-refractivity contribution in [2.45, 2.75) is 11.9 Å². The van der Waals surface area contributed by atoms with Gasteiger partial charge in [0.15, 0.2) is 0 Å². The lowest BCUT2D eigenvalue weighted by atomic mass is 10.1. The molecule has 0 bridgehead atoms. The summed E-state index contributed by atoms with van der Waals surface area (Å²) in [7, 11) is 0. The topological polar surface area (TPSA) is 49.3 Å². The minimum atomic E-state index is -1.10. The SMILES string of the molecule is O=C(O)NC(Cl)Cc1ccccc1. The minimum Gasteiger partial charge on any atom is -0.465 e. The van der Waals surface area contributed by atoms with Crippen LogP contribution < -0.4 is 5.32 Å². The van der Waals surface area contributed by atoms with E-state index in [1.54, 1.807) is 0 Å². The van der Waals surface area contributed by atoms with Gasteiger partial charge < -0.3 is 10.4 Å². The molecule has 13 heavy (non-hydrogen) atoms. The van der Waals surface area contributed by atoms with Gasteiger partial charge >= 0.3 is 6.09 Å². The molecule has 0 saturated heterocycles. The van der Waals surface area contributed by atoms with Crippen molar-refractivity contribution >= 4 is 17.7 Å². The molecule has 1 aromatic carbocycles. The summed E-state index contributed by atoms with van der Waals surface area (Å²) in [5, 5.41) is 10.5. The van der Waals surface area contributed by atoms with E-state index in [0.717, 1.165) is 5.56 Å². The Balaban J connectivity index is 2.45. The molecule has 1 amide bonds. The van der Waals surface area contributed by atoms with Crippen LogP contribution in [-0.2, 0) is 6.42 Å². The lowest BCUT2D eigenvalue weighted by Gasteiger charge is -2.08. The van der Waals surface area contributed by atoms with E-state index in [1.807, 2.05) is 30.3 Å². The maximum absolute atomic E-state index is 10.2. The zero-order valence-corrected chi connectivity index (χ0v) is 7.66. The van der Waals surface area contributed by atoms with Crippen molar-refractivity contribution in [1.82, 2.24) is 5.32 Å². The molecule has 0 heterocycles. The lowest BCUT2D eigenvalue weighted by Crippen LogP contribution is -2.30. The third kappa shape index (κ3) is 3.80. The number of carbonyl (C=O) groups is 1. The van der Waals surface area contributed by atoms with E-state index in [-0.39, 0.29) is 0 Å². The first-order valence-corrected chi connectivity index (χ1v) is 4.29. The van der Waals surface area contributed by atoms with E-state index in [1.165, 1.54) is 0 Å². The van der Waals surface area contributed by atoms with Crippen molar-refractivity contribution in [3.8, 4) is 0 Å². The molecule has 0 aliphatic heterocycles. The van der Waals surface area contributed by atoms with Crippen molar-refractivity contribution < 1.29 is 9.90 Å². The summed E-state index contributed by atoms with van der Waals surface area (Å²) in [5.41, 5.74) is 0.441. The number of alkyl halides is 1. The quantitative estimate of drug-likeness (QED) is 0.578. The van der Waals surface area contributed by atoms with Crippen molar-refractivity contribution in [3.05, 3.63) is 35.9 Å². The molecule has 0 aromatic heterocycles. The highest BCUT2D eigenvalue weighted by Crippen LogP contribution is 2.05. The zero-order chi connectivity index (χ0) is 9.68. The Bertz CT molecular complexity index is 276. The first-order chi connectivity index (χ1) is 6.18. The summed E-state index contributed by atoms with van der Waals surface area (Å²) in [4.78, 5) is 10.2. The summed E-state index contributed by atoms with van der Waals surface area (Å²) in [6.07, 6.45) is -0.606. The average molecular weight is 200 g/mol. The standard InChI is InChI=1S/C9H10ClNO2/c10-8(11-9(12)13)6-7-4-2-1-3-5-7/h1-5,8,11H,6H2,(H,12,13). The molecule has 0 saturated carbocycles. The number of nitrogens with one attached hydrogen (secondary N) is 1. The largest absolute Gasteiger partial charge is 0.465 e. The van der Waals surface area contributed by atoms with Crippen LogP contribution in [0.3, 0.4) is 0 Å². The van der Waals surface area contributed by atoms with E-state index >= 15 is 0 Å². The van der Waals surface area contributed by atoms with Gasteiger partial charge in [0, 0.05) is 6.42 Å². The van der Waals surface area contributed by atoms with E-state index in [2.05, 4.69) is 5.32 Å². The van der Waals surface area contributed by atoms with Crippen molar-refractivity contribution in [2.24, 2.45) is 0 Å². The number of hydrogen-bond donors (Lipinski definition) is 2.